The van der Waals surface area contributed by atoms with Gasteiger partial charge in [0.1, 0.15) is 5.75 Å². The zero-order chi connectivity index (χ0) is 20.5. The number of carbonyl (C=O) groups is 1. The third-order valence-electron chi connectivity index (χ3n) is 6.81. The molecular formula is C23H30N2O4. The number of methoxy groups -OCH3 is 3. The molecule has 3 aliphatic heterocycles. The van der Waals surface area contributed by atoms with Crippen LogP contribution in [0.25, 0.3) is 0 Å². The Bertz CT molecular complexity index is 847. The molecular weight excluding hydrogens is 368 g/mol. The minimum Gasteiger partial charge on any atom is -0.504 e. The molecule has 0 spiro atoms. The predicted molar refractivity (Wildman–Crippen MR) is 112 cm³/mol. The average Bonchev–Trinajstić information content (AvgIpc) is 3.15. The van der Waals surface area contributed by atoms with Gasteiger partial charge in [0.05, 0.1) is 38.9 Å². The van der Waals surface area contributed by atoms with Crippen molar-refractivity contribution in [1.82, 2.24) is 4.90 Å². The summed E-state index contributed by atoms with van der Waals surface area (Å²) in [6.07, 6.45) is 4.50. The van der Waals surface area contributed by atoms with Gasteiger partial charge in [-0.05, 0) is 43.4 Å². The van der Waals surface area contributed by atoms with Gasteiger partial charge in [0.25, 0.3) is 0 Å². The lowest BCUT2D eigenvalue weighted by atomic mass is 9.71. The van der Waals surface area contributed by atoms with Crippen LogP contribution in [0.4, 0.5) is 5.69 Å². The highest BCUT2D eigenvalue weighted by Crippen LogP contribution is 2.49. The predicted octanol–water partition coefficient (Wildman–Crippen LogP) is 3.69. The van der Waals surface area contributed by atoms with Crippen molar-refractivity contribution in [3.63, 3.8) is 0 Å². The van der Waals surface area contributed by atoms with Crippen LogP contribution >= 0.6 is 0 Å². The maximum atomic E-state index is 12.5. The van der Waals surface area contributed by atoms with E-state index in [1.54, 1.807) is 20.5 Å². The van der Waals surface area contributed by atoms with Crippen LogP contribution in [0.1, 0.15) is 37.7 Å². The lowest BCUT2D eigenvalue weighted by Crippen LogP contribution is -2.55. The standard InChI is InChI=1S/C23H30N2O4/c1-5-14-12-25-10-9-15-21-18(7-6-8-20(21)28-3)24-22(15)19(25)11-16(14)17(13-27-2)23(26)29-4/h6-8,13-16,19H,5,9-12H2,1-4H3/b17-13-/t14-,15?,16?,19?/m1/s1. The Balaban J connectivity index is 1.68. The second kappa shape index (κ2) is 8.19. The molecule has 2 fully saturated rings. The average molecular weight is 399 g/mol. The zero-order valence-electron chi connectivity index (χ0n) is 17.7. The number of hydrogen-bond donors (Lipinski definition) is 0. The normalized spacial score (nSPS) is 28.7. The Labute approximate surface area is 172 Å². The second-order valence-electron chi connectivity index (χ2n) is 8.09. The molecule has 0 N–H and O–H groups in total. The van der Waals surface area contributed by atoms with Gasteiger partial charge in [-0.2, -0.15) is 0 Å². The summed E-state index contributed by atoms with van der Waals surface area (Å²) in [4.78, 5) is 20.1. The SMILES string of the molecule is CC[C@@H]1CN2CCC3C(=Nc4cccc(OC)c43)C2CC1/C(=C/OC)C(=O)OC. The first-order chi connectivity index (χ1) is 14.1. The van der Waals surface area contributed by atoms with E-state index >= 15 is 0 Å². The van der Waals surface area contributed by atoms with Crippen molar-refractivity contribution in [1.29, 1.82) is 0 Å². The molecule has 0 bridgehead atoms. The van der Waals surface area contributed by atoms with Crippen molar-refractivity contribution in [2.75, 3.05) is 34.4 Å². The molecule has 0 aliphatic carbocycles. The van der Waals surface area contributed by atoms with Gasteiger partial charge in [-0.25, -0.2) is 4.79 Å². The number of esters is 1. The van der Waals surface area contributed by atoms with Gasteiger partial charge in [-0.3, -0.25) is 9.89 Å². The van der Waals surface area contributed by atoms with Gasteiger partial charge < -0.3 is 14.2 Å². The van der Waals surface area contributed by atoms with Crippen LogP contribution in [0.15, 0.2) is 35.0 Å². The zero-order valence-corrected chi connectivity index (χ0v) is 17.7. The molecule has 1 aromatic carbocycles. The molecule has 3 unspecified atom stereocenters. The number of piperidine rings is 2. The second-order valence-corrected chi connectivity index (χ2v) is 8.09. The Hall–Kier alpha value is -2.34. The summed E-state index contributed by atoms with van der Waals surface area (Å²) in [7, 11) is 4.74. The van der Waals surface area contributed by atoms with E-state index < -0.39 is 0 Å². The highest BCUT2D eigenvalue weighted by molar-refractivity contribution is 6.03. The molecule has 4 rings (SSSR count). The van der Waals surface area contributed by atoms with Gasteiger partial charge in [0.15, 0.2) is 0 Å². The number of hydrogen-bond acceptors (Lipinski definition) is 6. The number of aliphatic imine (C=N–C) groups is 1. The van der Waals surface area contributed by atoms with Crippen LogP contribution in [-0.2, 0) is 14.3 Å². The van der Waals surface area contributed by atoms with Crippen LogP contribution in [0, 0.1) is 11.8 Å². The fraction of sp³-hybridized carbons (Fsp3) is 0.565. The summed E-state index contributed by atoms with van der Waals surface area (Å²) >= 11 is 0. The van der Waals surface area contributed by atoms with E-state index in [4.69, 9.17) is 19.2 Å². The number of fused-ring (bicyclic) bond motifs is 5. The molecule has 3 aliphatic rings. The number of carbonyl (C=O) groups excluding carboxylic acids is 1. The van der Waals surface area contributed by atoms with E-state index in [0.29, 0.717) is 17.4 Å². The maximum absolute atomic E-state index is 12.5. The Morgan fingerprint density at radius 2 is 2.14 bits per heavy atom. The fourth-order valence-electron chi connectivity index (χ4n) is 5.44. The summed E-state index contributed by atoms with van der Waals surface area (Å²) < 4.78 is 16.0. The van der Waals surface area contributed by atoms with Crippen molar-refractivity contribution >= 4 is 17.4 Å². The minimum atomic E-state index is -0.297. The molecule has 4 atom stereocenters. The van der Waals surface area contributed by atoms with E-state index in [9.17, 15) is 4.79 Å². The quantitative estimate of drug-likeness (QED) is 0.430. The van der Waals surface area contributed by atoms with Crippen molar-refractivity contribution < 1.29 is 19.0 Å². The van der Waals surface area contributed by atoms with Crippen LogP contribution in [0.5, 0.6) is 5.75 Å². The topological polar surface area (TPSA) is 60.4 Å². The van der Waals surface area contributed by atoms with E-state index in [1.807, 2.05) is 12.1 Å². The third-order valence-corrected chi connectivity index (χ3v) is 6.81. The molecule has 0 aromatic heterocycles. The van der Waals surface area contributed by atoms with Crippen molar-refractivity contribution in [2.24, 2.45) is 16.8 Å². The highest BCUT2D eigenvalue weighted by Gasteiger charge is 2.47. The first kappa shape index (κ1) is 20.0. The monoisotopic (exact) mass is 398 g/mol. The highest BCUT2D eigenvalue weighted by atomic mass is 16.5. The molecule has 3 heterocycles. The maximum Gasteiger partial charge on any atom is 0.337 e. The first-order valence-electron chi connectivity index (χ1n) is 10.4. The van der Waals surface area contributed by atoms with Crippen LogP contribution in [0.3, 0.4) is 0 Å². The Kier molecular flexibility index (Phi) is 5.63. The summed E-state index contributed by atoms with van der Waals surface area (Å²) in [5, 5.41) is 0. The minimum absolute atomic E-state index is 0.0979. The van der Waals surface area contributed by atoms with Crippen LogP contribution in [-0.4, -0.2) is 57.0 Å². The van der Waals surface area contributed by atoms with Gasteiger partial charge in [0.2, 0.25) is 0 Å². The summed E-state index contributed by atoms with van der Waals surface area (Å²) in [6, 6.07) is 6.33. The Morgan fingerprint density at radius 3 is 2.83 bits per heavy atom. The molecule has 6 nitrogen and oxygen atoms in total. The molecule has 2 saturated heterocycles. The summed E-state index contributed by atoms with van der Waals surface area (Å²) in [6.45, 7) is 4.19. The lowest BCUT2D eigenvalue weighted by Gasteiger charge is -2.48. The molecule has 6 heteroatoms. The number of nitrogens with zero attached hydrogens (tertiary/aromatic N) is 2. The molecule has 0 saturated carbocycles. The molecule has 1 aromatic rings. The van der Waals surface area contributed by atoms with E-state index in [0.717, 1.165) is 43.8 Å². The largest absolute Gasteiger partial charge is 0.504 e. The number of benzene rings is 1. The summed E-state index contributed by atoms with van der Waals surface area (Å²) in [5.41, 5.74) is 4.11. The molecule has 29 heavy (non-hydrogen) atoms. The first-order valence-corrected chi connectivity index (χ1v) is 10.4. The fourth-order valence-corrected chi connectivity index (χ4v) is 5.44. The molecule has 156 valence electrons. The third kappa shape index (κ3) is 3.33. The van der Waals surface area contributed by atoms with Crippen LogP contribution in [0.2, 0.25) is 0 Å². The van der Waals surface area contributed by atoms with Crippen LogP contribution < -0.4 is 4.74 Å². The molecule has 0 amide bonds. The van der Waals surface area contributed by atoms with E-state index in [1.165, 1.54) is 18.4 Å². The van der Waals surface area contributed by atoms with Gasteiger partial charge in [0, 0.05) is 29.8 Å². The lowest BCUT2D eigenvalue weighted by molar-refractivity contribution is -0.137. The number of ether oxygens (including phenoxy) is 3. The van der Waals surface area contributed by atoms with Crippen molar-refractivity contribution in [3.8, 4) is 5.75 Å². The smallest absolute Gasteiger partial charge is 0.337 e. The van der Waals surface area contributed by atoms with Gasteiger partial charge in [-0.1, -0.05) is 19.4 Å². The molecule has 0 radical (unpaired) electrons. The number of rotatable bonds is 5. The van der Waals surface area contributed by atoms with E-state index in [-0.39, 0.29) is 17.9 Å². The van der Waals surface area contributed by atoms with E-state index in [2.05, 4.69) is 17.9 Å². The Morgan fingerprint density at radius 1 is 1.31 bits per heavy atom. The summed E-state index contributed by atoms with van der Waals surface area (Å²) in [5.74, 6) is 1.42. The van der Waals surface area contributed by atoms with Crippen molar-refractivity contribution in [3.05, 3.63) is 35.6 Å². The van der Waals surface area contributed by atoms with Gasteiger partial charge >= 0.3 is 5.97 Å². The van der Waals surface area contributed by atoms with Crippen molar-refractivity contribution in [2.45, 2.75) is 38.1 Å². The van der Waals surface area contributed by atoms with Gasteiger partial charge in [-0.15, -0.1) is 0 Å².